The molecule has 3 heteroatoms. The summed E-state index contributed by atoms with van der Waals surface area (Å²) in [4.78, 5) is 0. The first-order valence-corrected chi connectivity index (χ1v) is 9.70. The first-order valence-electron chi connectivity index (χ1n) is 9.70. The lowest BCUT2D eigenvalue weighted by molar-refractivity contribution is -0.606. The molecular weight excluding hydrogens is 344 g/mol. The van der Waals surface area contributed by atoms with Gasteiger partial charge in [-0.1, -0.05) is 48.0 Å². The van der Waals surface area contributed by atoms with E-state index in [4.69, 9.17) is 4.74 Å². The molecule has 0 saturated heterocycles. The van der Waals surface area contributed by atoms with Crippen molar-refractivity contribution >= 4 is 0 Å². The van der Waals surface area contributed by atoms with E-state index in [-0.39, 0.29) is 0 Å². The highest BCUT2D eigenvalue weighted by atomic mass is 16.5. The van der Waals surface area contributed by atoms with E-state index >= 15 is 0 Å². The minimum Gasteiger partial charge on any atom is -0.497 e. The zero-order chi connectivity index (χ0) is 19.1. The van der Waals surface area contributed by atoms with E-state index in [1.165, 1.54) is 33.9 Å². The normalized spacial score (nSPS) is 12.4. The number of nitrogens with zero attached hydrogens (tertiary/aromatic N) is 2. The Kier molecular flexibility index (Phi) is 4.01. The van der Waals surface area contributed by atoms with Crippen LogP contribution in [0.25, 0.3) is 22.6 Å². The number of aromatic nitrogens is 2. The molecule has 1 aliphatic rings. The average molecular weight is 367 g/mol. The summed E-state index contributed by atoms with van der Waals surface area (Å²) in [5, 5.41) is 0. The Morgan fingerprint density at radius 3 is 2.36 bits per heavy atom. The van der Waals surface area contributed by atoms with Crippen molar-refractivity contribution in [1.82, 2.24) is 4.57 Å². The third kappa shape index (κ3) is 2.71. The quantitative estimate of drug-likeness (QED) is 0.474. The van der Waals surface area contributed by atoms with Crippen LogP contribution in [0.1, 0.15) is 17.0 Å². The maximum atomic E-state index is 5.36. The molecule has 3 aromatic carbocycles. The van der Waals surface area contributed by atoms with Crippen LogP contribution in [0, 0.1) is 6.92 Å². The molecule has 3 nitrogen and oxygen atoms in total. The summed E-state index contributed by atoms with van der Waals surface area (Å²) in [6.07, 6.45) is 4.35. The topological polar surface area (TPSA) is 18.0 Å². The second-order valence-corrected chi connectivity index (χ2v) is 7.33. The van der Waals surface area contributed by atoms with Crippen LogP contribution in [0.3, 0.4) is 0 Å². The summed E-state index contributed by atoms with van der Waals surface area (Å²) in [5.74, 6) is 2.18. The molecule has 2 heterocycles. The Morgan fingerprint density at radius 1 is 0.857 bits per heavy atom. The van der Waals surface area contributed by atoms with E-state index in [1.807, 2.05) is 12.1 Å². The van der Waals surface area contributed by atoms with E-state index in [9.17, 15) is 0 Å². The number of ether oxygens (including phenoxy) is 1. The van der Waals surface area contributed by atoms with Crippen molar-refractivity contribution in [2.45, 2.75) is 19.8 Å². The number of methoxy groups -OCH3 is 1. The third-order valence-electron chi connectivity index (χ3n) is 5.58. The van der Waals surface area contributed by atoms with Gasteiger partial charge in [0, 0.05) is 5.56 Å². The highest BCUT2D eigenvalue weighted by molar-refractivity contribution is 5.63. The van der Waals surface area contributed by atoms with Gasteiger partial charge in [-0.05, 0) is 49.2 Å². The lowest BCUT2D eigenvalue weighted by Gasteiger charge is -2.14. The van der Waals surface area contributed by atoms with Crippen LogP contribution >= 0.6 is 0 Å². The van der Waals surface area contributed by atoms with Crippen LogP contribution in [0.5, 0.6) is 5.75 Å². The molecule has 28 heavy (non-hydrogen) atoms. The summed E-state index contributed by atoms with van der Waals surface area (Å²) in [5.41, 5.74) is 7.54. The zero-order valence-electron chi connectivity index (χ0n) is 16.2. The maximum Gasteiger partial charge on any atom is 0.267 e. The summed E-state index contributed by atoms with van der Waals surface area (Å²) in [6, 6.07) is 25.8. The number of imidazole rings is 1. The van der Waals surface area contributed by atoms with Gasteiger partial charge in [-0.15, -0.1) is 0 Å². The Labute approximate surface area is 165 Å². The summed E-state index contributed by atoms with van der Waals surface area (Å²) >= 11 is 0. The number of hydrogen-bond donors (Lipinski definition) is 0. The van der Waals surface area contributed by atoms with Gasteiger partial charge in [0.1, 0.15) is 23.3 Å². The minimum atomic E-state index is 0.875. The Morgan fingerprint density at radius 2 is 1.61 bits per heavy atom. The fourth-order valence-corrected chi connectivity index (χ4v) is 4.09. The smallest absolute Gasteiger partial charge is 0.267 e. The van der Waals surface area contributed by atoms with Gasteiger partial charge in [0.2, 0.25) is 0 Å². The lowest BCUT2D eigenvalue weighted by Crippen LogP contribution is -2.39. The first-order chi connectivity index (χ1) is 13.7. The van der Waals surface area contributed by atoms with Gasteiger partial charge < -0.3 is 4.74 Å². The second kappa shape index (κ2) is 6.68. The van der Waals surface area contributed by atoms with Crippen LogP contribution in [-0.4, -0.2) is 11.7 Å². The lowest BCUT2D eigenvalue weighted by atomic mass is 10.0. The molecule has 0 atom stereocenters. The molecular formula is C25H23N2O+. The molecule has 1 aliphatic heterocycles. The number of rotatable bonds is 3. The van der Waals surface area contributed by atoms with Gasteiger partial charge in [-0.25, -0.2) is 0 Å². The van der Waals surface area contributed by atoms with Crippen LogP contribution in [0.4, 0.5) is 0 Å². The van der Waals surface area contributed by atoms with E-state index in [2.05, 4.69) is 82.9 Å². The molecule has 0 saturated carbocycles. The summed E-state index contributed by atoms with van der Waals surface area (Å²) < 4.78 is 10.1. The molecule has 0 aliphatic carbocycles. The van der Waals surface area contributed by atoms with E-state index in [0.29, 0.717) is 0 Å². The van der Waals surface area contributed by atoms with Crippen LogP contribution < -0.4 is 9.30 Å². The van der Waals surface area contributed by atoms with Gasteiger partial charge >= 0.3 is 0 Å². The highest BCUT2D eigenvalue weighted by Gasteiger charge is 2.31. The van der Waals surface area contributed by atoms with Gasteiger partial charge in [0.15, 0.2) is 5.69 Å². The van der Waals surface area contributed by atoms with Crippen molar-refractivity contribution in [1.29, 1.82) is 0 Å². The second-order valence-electron chi connectivity index (χ2n) is 7.33. The van der Waals surface area contributed by atoms with Crippen molar-refractivity contribution in [2.75, 3.05) is 7.11 Å². The molecule has 1 aromatic heterocycles. The number of hydrogen-bond acceptors (Lipinski definition) is 1. The minimum absolute atomic E-state index is 0.875. The first kappa shape index (κ1) is 16.8. The monoisotopic (exact) mass is 367 g/mol. The molecule has 0 bridgehead atoms. The van der Waals surface area contributed by atoms with Crippen LogP contribution in [-0.2, 0) is 12.8 Å². The largest absolute Gasteiger partial charge is 0.497 e. The molecule has 0 unspecified atom stereocenters. The van der Waals surface area contributed by atoms with Gasteiger partial charge in [-0.2, -0.15) is 9.13 Å². The van der Waals surface area contributed by atoms with Crippen LogP contribution in [0.2, 0.25) is 0 Å². The number of fused-ring (bicyclic) bond motifs is 3. The van der Waals surface area contributed by atoms with Crippen molar-refractivity contribution in [3.8, 4) is 28.4 Å². The molecule has 0 spiro atoms. The maximum absolute atomic E-state index is 5.36. The van der Waals surface area contributed by atoms with Crippen molar-refractivity contribution in [3.63, 3.8) is 0 Å². The molecule has 138 valence electrons. The Hall–Kier alpha value is -3.33. The van der Waals surface area contributed by atoms with Crippen molar-refractivity contribution in [2.24, 2.45) is 0 Å². The average Bonchev–Trinajstić information content (AvgIpc) is 3.14. The van der Waals surface area contributed by atoms with Crippen molar-refractivity contribution in [3.05, 3.63) is 95.9 Å². The van der Waals surface area contributed by atoms with Crippen molar-refractivity contribution < 1.29 is 9.30 Å². The van der Waals surface area contributed by atoms with Gasteiger partial charge in [-0.3, -0.25) is 0 Å². The predicted octanol–water partition coefficient (Wildman–Crippen LogP) is 4.84. The zero-order valence-corrected chi connectivity index (χ0v) is 16.2. The third-order valence-corrected chi connectivity index (χ3v) is 5.58. The predicted molar refractivity (Wildman–Crippen MR) is 111 cm³/mol. The fraction of sp³-hybridized carbons (Fsp3) is 0.160. The number of aryl methyl sites for hydroxylation is 2. The number of para-hydroxylation sites is 1. The van der Waals surface area contributed by atoms with Crippen LogP contribution in [0.15, 0.2) is 79.0 Å². The molecule has 0 radical (unpaired) electrons. The molecule has 0 fully saturated rings. The molecule has 5 rings (SSSR count). The molecule has 4 aromatic rings. The molecule has 0 amide bonds. The van der Waals surface area contributed by atoms with Gasteiger partial charge in [0.25, 0.3) is 5.82 Å². The molecule has 0 N–H and O–H groups in total. The van der Waals surface area contributed by atoms with E-state index in [0.717, 1.165) is 24.3 Å². The SMILES string of the molecule is COc1ccc(-n2c(-c3ccc(C)cc3)c[n+]3c2CCc2ccccc2-3)cc1. The van der Waals surface area contributed by atoms with E-state index < -0.39 is 0 Å². The Balaban J connectivity index is 1.76. The van der Waals surface area contributed by atoms with Gasteiger partial charge in [0.05, 0.1) is 13.5 Å². The number of benzene rings is 3. The summed E-state index contributed by atoms with van der Waals surface area (Å²) in [7, 11) is 1.71. The Bertz CT molecular complexity index is 1140. The summed E-state index contributed by atoms with van der Waals surface area (Å²) in [6.45, 7) is 2.13. The van der Waals surface area contributed by atoms with E-state index in [1.54, 1.807) is 7.11 Å². The highest BCUT2D eigenvalue weighted by Crippen LogP contribution is 2.29. The fourth-order valence-electron chi connectivity index (χ4n) is 4.09. The standard InChI is InChI=1S/C25H23N2O/c1-18-7-9-20(10-8-18)24-17-26-23-6-4-3-5-19(23)11-16-25(26)27(24)21-12-14-22(28-2)15-13-21/h3-10,12-15,17H,11,16H2,1-2H3/q+1.